The quantitative estimate of drug-likeness (QED) is 0.785. The van der Waals surface area contributed by atoms with Crippen LogP contribution in [0, 0.1) is 5.82 Å². The van der Waals surface area contributed by atoms with Crippen molar-refractivity contribution >= 4 is 15.9 Å². The highest BCUT2D eigenvalue weighted by atomic mass is 79.9. The van der Waals surface area contributed by atoms with Gasteiger partial charge in [-0.2, -0.15) is 0 Å². The molecule has 0 spiro atoms. The Morgan fingerprint density at radius 1 is 1.38 bits per heavy atom. The summed E-state index contributed by atoms with van der Waals surface area (Å²) in [6.45, 7) is 2.17. The monoisotopic (exact) mass is 287 g/mol. The number of rotatable bonds is 6. The van der Waals surface area contributed by atoms with Crippen LogP contribution in [-0.2, 0) is 6.42 Å². The first-order valence-corrected chi connectivity index (χ1v) is 6.62. The Morgan fingerprint density at radius 2 is 2.12 bits per heavy atom. The van der Waals surface area contributed by atoms with Crippen LogP contribution in [0.3, 0.4) is 0 Å². The van der Waals surface area contributed by atoms with Crippen molar-refractivity contribution in [2.75, 3.05) is 0 Å². The molecular weight excluding hydrogens is 269 g/mol. The van der Waals surface area contributed by atoms with Gasteiger partial charge in [-0.1, -0.05) is 42.1 Å². The van der Waals surface area contributed by atoms with Gasteiger partial charge in [-0.25, -0.2) is 4.39 Å². The first kappa shape index (κ1) is 13.7. The van der Waals surface area contributed by atoms with Crippen LogP contribution in [0.1, 0.15) is 38.2 Å². The molecule has 0 aliphatic heterocycles. The molecule has 0 saturated heterocycles. The third-order valence-electron chi connectivity index (χ3n) is 2.67. The first-order chi connectivity index (χ1) is 7.63. The molecule has 1 atom stereocenters. The predicted molar refractivity (Wildman–Crippen MR) is 69.9 cm³/mol. The molecule has 1 rings (SSSR count). The molecular formula is C13H19BrFN. The molecule has 1 aromatic rings. The average Bonchev–Trinajstić information content (AvgIpc) is 2.24. The molecule has 1 nitrogen and oxygen atoms in total. The van der Waals surface area contributed by atoms with Crippen molar-refractivity contribution in [2.45, 2.75) is 45.1 Å². The Morgan fingerprint density at radius 3 is 2.81 bits per heavy atom. The summed E-state index contributed by atoms with van der Waals surface area (Å²) < 4.78 is 14.3. The van der Waals surface area contributed by atoms with Crippen LogP contribution in [0.4, 0.5) is 4.39 Å². The maximum absolute atomic E-state index is 13.4. The molecule has 0 bridgehead atoms. The Bertz CT molecular complexity index is 328. The largest absolute Gasteiger partial charge is 0.327 e. The van der Waals surface area contributed by atoms with Crippen LogP contribution in [0.5, 0.6) is 0 Å². The zero-order chi connectivity index (χ0) is 12.0. The fraction of sp³-hybridized carbons (Fsp3) is 0.538. The molecule has 0 amide bonds. The topological polar surface area (TPSA) is 26.0 Å². The summed E-state index contributed by atoms with van der Waals surface area (Å²) in [5.74, 6) is -0.158. The third kappa shape index (κ3) is 4.62. The molecule has 2 N–H and O–H groups in total. The molecule has 0 aromatic heterocycles. The van der Waals surface area contributed by atoms with E-state index in [9.17, 15) is 4.39 Å². The van der Waals surface area contributed by atoms with Gasteiger partial charge >= 0.3 is 0 Å². The lowest BCUT2D eigenvalue weighted by molar-refractivity contribution is 0.537. The van der Waals surface area contributed by atoms with Gasteiger partial charge in [-0.05, 0) is 36.6 Å². The molecule has 0 aliphatic rings. The molecule has 1 unspecified atom stereocenters. The normalized spacial score (nSPS) is 12.8. The van der Waals surface area contributed by atoms with E-state index < -0.39 is 0 Å². The molecule has 0 heterocycles. The fourth-order valence-electron chi connectivity index (χ4n) is 1.74. The van der Waals surface area contributed by atoms with Gasteiger partial charge in [-0.15, -0.1) is 0 Å². The zero-order valence-electron chi connectivity index (χ0n) is 9.68. The van der Waals surface area contributed by atoms with Crippen molar-refractivity contribution in [1.82, 2.24) is 0 Å². The molecule has 0 radical (unpaired) electrons. The summed E-state index contributed by atoms with van der Waals surface area (Å²) in [4.78, 5) is 0. The van der Waals surface area contributed by atoms with Crippen LogP contribution in [-0.4, -0.2) is 6.04 Å². The second-order valence-corrected chi connectivity index (χ2v) is 5.11. The number of hydrogen-bond donors (Lipinski definition) is 1. The highest BCUT2D eigenvalue weighted by Crippen LogP contribution is 2.17. The number of nitrogens with two attached hydrogens (primary N) is 1. The lowest BCUT2D eigenvalue weighted by Gasteiger charge is -2.12. The third-order valence-corrected chi connectivity index (χ3v) is 3.16. The maximum atomic E-state index is 13.4. The highest BCUT2D eigenvalue weighted by Gasteiger charge is 2.08. The van der Waals surface area contributed by atoms with Gasteiger partial charge in [0.25, 0.3) is 0 Å². The Labute approximate surface area is 105 Å². The Balaban J connectivity index is 2.48. The van der Waals surface area contributed by atoms with Crippen molar-refractivity contribution in [2.24, 2.45) is 5.73 Å². The number of benzene rings is 1. The average molecular weight is 288 g/mol. The van der Waals surface area contributed by atoms with Gasteiger partial charge in [0, 0.05) is 10.5 Å². The second kappa shape index (κ2) is 7.02. The minimum Gasteiger partial charge on any atom is -0.327 e. The summed E-state index contributed by atoms with van der Waals surface area (Å²) in [5.41, 5.74) is 6.69. The smallest absolute Gasteiger partial charge is 0.126 e. The predicted octanol–water partition coefficient (Wildman–Crippen LogP) is 4.04. The van der Waals surface area contributed by atoms with Gasteiger partial charge in [0.2, 0.25) is 0 Å². The molecule has 0 saturated carbocycles. The van der Waals surface area contributed by atoms with Gasteiger partial charge in [0.15, 0.2) is 0 Å². The van der Waals surface area contributed by atoms with Crippen LogP contribution >= 0.6 is 15.9 Å². The molecule has 0 aliphatic carbocycles. The fourth-order valence-corrected chi connectivity index (χ4v) is 2.15. The number of halogens is 2. The standard InChI is InChI=1S/C13H19BrFN/c1-2-3-4-5-12(16)9-10-8-11(14)6-7-13(10)15/h6-8,12H,2-5,9,16H2,1H3. The summed E-state index contributed by atoms with van der Waals surface area (Å²) in [7, 11) is 0. The zero-order valence-corrected chi connectivity index (χ0v) is 11.3. The molecule has 3 heteroatoms. The lowest BCUT2D eigenvalue weighted by Crippen LogP contribution is -2.23. The van der Waals surface area contributed by atoms with Crippen molar-refractivity contribution in [1.29, 1.82) is 0 Å². The maximum Gasteiger partial charge on any atom is 0.126 e. The van der Waals surface area contributed by atoms with Gasteiger partial charge in [-0.3, -0.25) is 0 Å². The second-order valence-electron chi connectivity index (χ2n) is 4.20. The van der Waals surface area contributed by atoms with Crippen LogP contribution in [0.15, 0.2) is 22.7 Å². The SMILES string of the molecule is CCCCCC(N)Cc1cc(Br)ccc1F. The van der Waals surface area contributed by atoms with E-state index in [0.717, 1.165) is 17.3 Å². The van der Waals surface area contributed by atoms with E-state index in [0.29, 0.717) is 12.0 Å². The number of unbranched alkanes of at least 4 members (excludes halogenated alkanes) is 2. The van der Waals surface area contributed by atoms with Gasteiger partial charge < -0.3 is 5.73 Å². The van der Waals surface area contributed by atoms with Gasteiger partial charge in [0.05, 0.1) is 0 Å². The van der Waals surface area contributed by atoms with E-state index in [4.69, 9.17) is 5.73 Å². The molecule has 16 heavy (non-hydrogen) atoms. The van der Waals surface area contributed by atoms with Crippen molar-refractivity contribution in [3.63, 3.8) is 0 Å². The summed E-state index contributed by atoms with van der Waals surface area (Å²) in [6, 6.07) is 5.07. The van der Waals surface area contributed by atoms with E-state index in [-0.39, 0.29) is 11.9 Å². The lowest BCUT2D eigenvalue weighted by atomic mass is 10.0. The molecule has 0 fully saturated rings. The van der Waals surface area contributed by atoms with E-state index in [1.54, 1.807) is 6.07 Å². The summed E-state index contributed by atoms with van der Waals surface area (Å²) >= 11 is 3.34. The van der Waals surface area contributed by atoms with Gasteiger partial charge in [0.1, 0.15) is 5.82 Å². The Hall–Kier alpha value is -0.410. The molecule has 1 aromatic carbocycles. The van der Waals surface area contributed by atoms with Crippen LogP contribution in [0.25, 0.3) is 0 Å². The van der Waals surface area contributed by atoms with E-state index in [1.165, 1.54) is 18.9 Å². The van der Waals surface area contributed by atoms with Crippen molar-refractivity contribution < 1.29 is 4.39 Å². The summed E-state index contributed by atoms with van der Waals surface area (Å²) in [5, 5.41) is 0. The van der Waals surface area contributed by atoms with Crippen molar-refractivity contribution in [3.8, 4) is 0 Å². The van der Waals surface area contributed by atoms with E-state index in [2.05, 4.69) is 22.9 Å². The molecule has 90 valence electrons. The minimum absolute atomic E-state index is 0.0651. The minimum atomic E-state index is -0.158. The first-order valence-electron chi connectivity index (χ1n) is 5.83. The van der Waals surface area contributed by atoms with E-state index >= 15 is 0 Å². The number of hydrogen-bond acceptors (Lipinski definition) is 1. The van der Waals surface area contributed by atoms with Crippen LogP contribution < -0.4 is 5.73 Å². The summed E-state index contributed by atoms with van der Waals surface area (Å²) in [6.07, 6.45) is 5.12. The Kier molecular flexibility index (Phi) is 5.99. The van der Waals surface area contributed by atoms with Crippen LogP contribution in [0.2, 0.25) is 0 Å². The highest BCUT2D eigenvalue weighted by molar-refractivity contribution is 9.10. The van der Waals surface area contributed by atoms with Crippen molar-refractivity contribution in [3.05, 3.63) is 34.1 Å². The van der Waals surface area contributed by atoms with E-state index in [1.807, 2.05) is 6.07 Å².